The molecular weight excluding hydrogens is 575 g/mol. The van der Waals surface area contributed by atoms with E-state index in [-0.39, 0.29) is 0 Å². The summed E-state index contributed by atoms with van der Waals surface area (Å²) in [7, 11) is 0. The van der Waals surface area contributed by atoms with E-state index in [2.05, 4.69) is 172 Å². The molecular formula is C44H45NS. The Labute approximate surface area is 281 Å². The van der Waals surface area contributed by atoms with Crippen molar-refractivity contribution < 1.29 is 0 Å². The highest BCUT2D eigenvalue weighted by Crippen LogP contribution is 2.49. The largest absolute Gasteiger partial charge is 0.281 e. The van der Waals surface area contributed by atoms with Crippen molar-refractivity contribution in [1.82, 2.24) is 0 Å². The molecule has 0 radical (unpaired) electrons. The average molecular weight is 620 g/mol. The zero-order chi connectivity index (χ0) is 32.6. The van der Waals surface area contributed by atoms with Gasteiger partial charge in [-0.2, -0.15) is 0 Å². The van der Waals surface area contributed by atoms with Crippen molar-refractivity contribution in [3.8, 4) is 55.6 Å². The second-order valence-corrected chi connectivity index (χ2v) is 11.8. The second-order valence-electron chi connectivity index (χ2n) is 11.8. The quantitative estimate of drug-likeness (QED) is 0.178. The van der Waals surface area contributed by atoms with Crippen LogP contribution in [0.4, 0.5) is 0 Å². The molecule has 46 heavy (non-hydrogen) atoms. The smallest absolute Gasteiger partial charge is 0.0140 e. The normalized spacial score (nSPS) is 12.0. The number of rotatable bonds is 6. The Bertz CT molecular complexity index is 1930. The van der Waals surface area contributed by atoms with Crippen LogP contribution in [-0.2, 0) is 0 Å². The molecule has 2 heteroatoms. The van der Waals surface area contributed by atoms with Crippen molar-refractivity contribution in [3.63, 3.8) is 0 Å². The fourth-order valence-electron chi connectivity index (χ4n) is 6.59. The molecule has 1 aliphatic carbocycles. The first kappa shape index (κ1) is 33.0. The van der Waals surface area contributed by atoms with Crippen LogP contribution in [0.2, 0.25) is 0 Å². The van der Waals surface area contributed by atoms with Crippen LogP contribution in [0.1, 0.15) is 54.9 Å². The van der Waals surface area contributed by atoms with E-state index in [0.717, 1.165) is 0 Å². The summed E-state index contributed by atoms with van der Waals surface area (Å²) >= 11 is 3.03. The van der Waals surface area contributed by atoms with Gasteiger partial charge in [-0.15, -0.1) is 12.8 Å². The highest BCUT2D eigenvalue weighted by Gasteiger charge is 2.29. The Morgan fingerprint density at radius 3 is 1.37 bits per heavy atom. The van der Waals surface area contributed by atoms with Crippen molar-refractivity contribution in [2.24, 2.45) is 5.14 Å². The summed E-state index contributed by atoms with van der Waals surface area (Å²) in [6.07, 6.45) is 2.55. The van der Waals surface area contributed by atoms with Gasteiger partial charge in [0.1, 0.15) is 0 Å². The van der Waals surface area contributed by atoms with Crippen molar-refractivity contribution in [2.45, 2.75) is 53.4 Å². The maximum Gasteiger partial charge on any atom is -0.0140 e. The van der Waals surface area contributed by atoms with E-state index in [4.69, 9.17) is 0 Å². The predicted molar refractivity (Wildman–Crippen MR) is 204 cm³/mol. The standard InChI is InChI=1S/C42H36.C2H6.H3NS/c1-28-12-4-6-18-36(28)39-21-10-20-38(30(39)3)34-16-8-14-32(26-34)33-15-9-17-35(27-33)40-22-11-23-41(42(40)31-24-25-31)37-19-7-5-13-29(37)2;2*1-2/h4-23,26-27,31H,24-25H2,1-3H3;1-2H3;2H,1H2. The Hall–Kier alpha value is -4.37. The summed E-state index contributed by atoms with van der Waals surface area (Å²) in [6, 6.07) is 49.2. The van der Waals surface area contributed by atoms with Crippen LogP contribution in [0.15, 0.2) is 133 Å². The van der Waals surface area contributed by atoms with E-state index in [9.17, 15) is 0 Å². The third-order valence-electron chi connectivity index (χ3n) is 8.98. The predicted octanol–water partition coefficient (Wildman–Crippen LogP) is 12.6. The number of hydrogen-bond acceptors (Lipinski definition) is 2. The lowest BCUT2D eigenvalue weighted by molar-refractivity contribution is 1.13. The number of hydrogen-bond donors (Lipinski definition) is 2. The molecule has 1 fully saturated rings. The maximum atomic E-state index is 4.19. The molecule has 6 aromatic carbocycles. The topological polar surface area (TPSA) is 26.0 Å². The summed E-state index contributed by atoms with van der Waals surface area (Å²) < 4.78 is 0. The van der Waals surface area contributed by atoms with Gasteiger partial charge in [-0.25, -0.2) is 0 Å². The zero-order valence-electron chi connectivity index (χ0n) is 27.7. The number of thiol groups is 1. The van der Waals surface area contributed by atoms with Crippen LogP contribution in [0.5, 0.6) is 0 Å². The van der Waals surface area contributed by atoms with Gasteiger partial charge in [-0.1, -0.05) is 135 Å². The van der Waals surface area contributed by atoms with Gasteiger partial charge in [-0.3, -0.25) is 5.14 Å². The number of benzene rings is 6. The fraction of sp³-hybridized carbons (Fsp3) is 0.182. The lowest BCUT2D eigenvalue weighted by Gasteiger charge is -2.17. The van der Waals surface area contributed by atoms with Crippen molar-refractivity contribution in [2.75, 3.05) is 0 Å². The van der Waals surface area contributed by atoms with Crippen LogP contribution in [0, 0.1) is 20.8 Å². The molecule has 0 aliphatic heterocycles. The molecule has 0 aromatic heterocycles. The lowest BCUT2D eigenvalue weighted by Crippen LogP contribution is -1.94. The van der Waals surface area contributed by atoms with E-state index < -0.39 is 0 Å². The summed E-state index contributed by atoms with van der Waals surface area (Å²) in [5.41, 5.74) is 18.6. The van der Waals surface area contributed by atoms with Gasteiger partial charge in [-0.05, 0) is 130 Å². The van der Waals surface area contributed by atoms with Gasteiger partial charge >= 0.3 is 0 Å². The van der Waals surface area contributed by atoms with Crippen molar-refractivity contribution in [3.05, 3.63) is 156 Å². The van der Waals surface area contributed by atoms with Crippen molar-refractivity contribution in [1.29, 1.82) is 0 Å². The molecule has 0 spiro atoms. The van der Waals surface area contributed by atoms with E-state index in [1.165, 1.54) is 90.7 Å². The Morgan fingerprint density at radius 2 is 0.826 bits per heavy atom. The fourth-order valence-corrected chi connectivity index (χ4v) is 6.59. The van der Waals surface area contributed by atoms with Crippen molar-refractivity contribution >= 4 is 12.8 Å². The first-order valence-corrected chi connectivity index (χ1v) is 16.9. The van der Waals surface area contributed by atoms with Gasteiger partial charge in [0.2, 0.25) is 0 Å². The molecule has 0 unspecified atom stereocenters. The number of nitrogens with two attached hydrogens (primary N) is 1. The Kier molecular flexibility index (Phi) is 11.0. The molecule has 2 N–H and O–H groups in total. The molecule has 0 saturated heterocycles. The van der Waals surface area contributed by atoms with Gasteiger partial charge < -0.3 is 0 Å². The van der Waals surface area contributed by atoms with E-state index in [1.54, 1.807) is 0 Å². The average Bonchev–Trinajstić information content (AvgIpc) is 3.96. The molecule has 1 aliphatic rings. The molecule has 7 rings (SSSR count). The second kappa shape index (κ2) is 15.3. The summed E-state index contributed by atoms with van der Waals surface area (Å²) in [5, 5.41) is 4.19. The van der Waals surface area contributed by atoms with Gasteiger partial charge in [0.15, 0.2) is 0 Å². The van der Waals surface area contributed by atoms with Crippen LogP contribution in [0.3, 0.4) is 0 Å². The van der Waals surface area contributed by atoms with E-state index in [0.29, 0.717) is 5.92 Å². The minimum absolute atomic E-state index is 0.645. The van der Waals surface area contributed by atoms with Crippen LogP contribution in [0.25, 0.3) is 55.6 Å². The summed E-state index contributed by atoms with van der Waals surface area (Å²) in [5.74, 6) is 0.645. The third kappa shape index (κ3) is 6.89. The van der Waals surface area contributed by atoms with E-state index >= 15 is 0 Å². The molecule has 6 aromatic rings. The number of aryl methyl sites for hydroxylation is 2. The molecule has 1 saturated carbocycles. The highest BCUT2D eigenvalue weighted by molar-refractivity contribution is 7.77. The zero-order valence-corrected chi connectivity index (χ0v) is 28.6. The molecule has 0 heterocycles. The minimum Gasteiger partial charge on any atom is -0.281 e. The third-order valence-corrected chi connectivity index (χ3v) is 8.98. The highest BCUT2D eigenvalue weighted by atomic mass is 32.1. The van der Waals surface area contributed by atoms with Gasteiger partial charge in [0, 0.05) is 0 Å². The Morgan fingerprint density at radius 1 is 0.435 bits per heavy atom. The molecule has 0 bridgehead atoms. The minimum atomic E-state index is 0.645. The monoisotopic (exact) mass is 619 g/mol. The molecule has 0 atom stereocenters. The van der Waals surface area contributed by atoms with Gasteiger partial charge in [0.05, 0.1) is 0 Å². The first-order valence-electron chi connectivity index (χ1n) is 16.4. The van der Waals surface area contributed by atoms with E-state index in [1.807, 2.05) is 13.8 Å². The molecule has 232 valence electrons. The summed E-state index contributed by atoms with van der Waals surface area (Å²) in [4.78, 5) is 0. The van der Waals surface area contributed by atoms with Crippen LogP contribution in [-0.4, -0.2) is 0 Å². The summed E-state index contributed by atoms with van der Waals surface area (Å²) in [6.45, 7) is 10.7. The SMILES string of the molecule is CC.Cc1ccccc1-c1cccc(-c2cccc(-c3cccc(-c4cccc(-c5ccccc5C)c4C4CC4)c3)c2)c1C.NS. The van der Waals surface area contributed by atoms with Gasteiger partial charge in [0.25, 0.3) is 0 Å². The Balaban J connectivity index is 0.00000100. The molecule has 1 nitrogen and oxygen atoms in total. The molecule has 0 amide bonds. The maximum absolute atomic E-state index is 4.19. The van der Waals surface area contributed by atoms with Crippen LogP contribution >= 0.6 is 12.8 Å². The lowest BCUT2D eigenvalue weighted by atomic mass is 9.86. The first-order chi connectivity index (χ1) is 22.6. The van der Waals surface area contributed by atoms with Crippen LogP contribution < -0.4 is 5.14 Å².